The first-order chi connectivity index (χ1) is 15.0. The smallest absolute Gasteiger partial charge is 0.287 e. The van der Waals surface area contributed by atoms with Crippen LogP contribution in [0.25, 0.3) is 0 Å². The molecule has 2 amide bonds. The van der Waals surface area contributed by atoms with Crippen molar-refractivity contribution < 1.29 is 18.7 Å². The molecule has 2 atom stereocenters. The molecule has 0 radical (unpaired) electrons. The van der Waals surface area contributed by atoms with Gasteiger partial charge in [0.1, 0.15) is 11.8 Å². The lowest BCUT2D eigenvalue weighted by Crippen LogP contribution is -2.50. The Morgan fingerprint density at radius 2 is 1.68 bits per heavy atom. The Balaban J connectivity index is 1.60. The Morgan fingerprint density at radius 3 is 2.32 bits per heavy atom. The van der Waals surface area contributed by atoms with E-state index in [-0.39, 0.29) is 17.7 Å². The average Bonchev–Trinajstić information content (AvgIpc) is 3.33. The third-order valence-electron chi connectivity index (χ3n) is 5.06. The molecule has 2 unspecified atom stereocenters. The van der Waals surface area contributed by atoms with Gasteiger partial charge in [-0.2, -0.15) is 0 Å². The predicted octanol–water partition coefficient (Wildman–Crippen LogP) is 3.77. The van der Waals surface area contributed by atoms with E-state index in [0.717, 1.165) is 24.2 Å². The first kappa shape index (κ1) is 22.2. The highest BCUT2D eigenvalue weighted by Crippen LogP contribution is 2.13. The molecule has 2 N–H and O–H groups in total. The quantitative estimate of drug-likeness (QED) is 0.523. The molecule has 6 heteroatoms. The molecule has 2 aromatic carbocycles. The highest BCUT2D eigenvalue weighted by Gasteiger charge is 2.24. The van der Waals surface area contributed by atoms with Gasteiger partial charge in [-0.05, 0) is 55.2 Å². The Kier molecular flexibility index (Phi) is 7.87. The number of ether oxygens (including phenoxy) is 1. The fourth-order valence-corrected chi connectivity index (χ4v) is 3.29. The van der Waals surface area contributed by atoms with Crippen LogP contribution < -0.4 is 15.4 Å². The van der Waals surface area contributed by atoms with Gasteiger partial charge in [0.05, 0.1) is 13.4 Å². The van der Waals surface area contributed by atoms with E-state index in [0.29, 0.717) is 6.42 Å². The minimum Gasteiger partial charge on any atom is -0.497 e. The lowest BCUT2D eigenvalue weighted by molar-refractivity contribution is -0.123. The molecule has 1 aromatic heterocycles. The van der Waals surface area contributed by atoms with Gasteiger partial charge in [0.15, 0.2) is 5.76 Å². The van der Waals surface area contributed by atoms with Crippen LogP contribution >= 0.6 is 0 Å². The molecular weight excluding hydrogens is 392 g/mol. The zero-order chi connectivity index (χ0) is 22.1. The van der Waals surface area contributed by atoms with E-state index in [4.69, 9.17) is 9.15 Å². The van der Waals surface area contributed by atoms with Crippen LogP contribution in [0, 0.1) is 0 Å². The molecule has 3 aromatic rings. The van der Waals surface area contributed by atoms with Crippen molar-refractivity contribution in [2.24, 2.45) is 0 Å². The summed E-state index contributed by atoms with van der Waals surface area (Å²) in [5, 5.41) is 5.84. The van der Waals surface area contributed by atoms with Crippen LogP contribution in [0.2, 0.25) is 0 Å². The molecule has 0 aliphatic carbocycles. The number of carbonyl (C=O) groups is 2. The van der Waals surface area contributed by atoms with E-state index < -0.39 is 11.9 Å². The summed E-state index contributed by atoms with van der Waals surface area (Å²) in [6.07, 6.45) is 3.43. The highest BCUT2D eigenvalue weighted by atomic mass is 16.5. The summed E-state index contributed by atoms with van der Waals surface area (Å²) >= 11 is 0. The molecule has 3 rings (SSSR count). The first-order valence-electron chi connectivity index (χ1n) is 10.4. The SMILES string of the molecule is COc1ccc(CCC(C)NC(=O)C(Cc2ccccc2)NC(=O)c2ccco2)cc1. The number of hydrogen-bond donors (Lipinski definition) is 2. The molecule has 0 spiro atoms. The number of benzene rings is 2. The second-order valence-corrected chi connectivity index (χ2v) is 7.49. The fraction of sp³-hybridized carbons (Fsp3) is 0.280. The van der Waals surface area contributed by atoms with E-state index in [1.807, 2.05) is 61.5 Å². The van der Waals surface area contributed by atoms with Gasteiger partial charge in [-0.15, -0.1) is 0 Å². The Hall–Kier alpha value is -3.54. The molecule has 31 heavy (non-hydrogen) atoms. The summed E-state index contributed by atoms with van der Waals surface area (Å²) in [5.41, 5.74) is 2.14. The second kappa shape index (κ2) is 11.0. The molecule has 0 aliphatic rings. The minimum absolute atomic E-state index is 0.0478. The molecule has 0 aliphatic heterocycles. The molecule has 6 nitrogen and oxygen atoms in total. The first-order valence-corrected chi connectivity index (χ1v) is 10.4. The van der Waals surface area contributed by atoms with Crippen LogP contribution in [-0.4, -0.2) is 31.0 Å². The van der Waals surface area contributed by atoms with Gasteiger partial charge in [-0.25, -0.2) is 0 Å². The van der Waals surface area contributed by atoms with Crippen LogP contribution in [0.4, 0.5) is 0 Å². The van der Waals surface area contributed by atoms with Gasteiger partial charge >= 0.3 is 0 Å². The monoisotopic (exact) mass is 420 g/mol. The molecule has 0 bridgehead atoms. The molecule has 0 fully saturated rings. The third kappa shape index (κ3) is 6.74. The van der Waals surface area contributed by atoms with Crippen molar-refractivity contribution in [2.45, 2.75) is 38.3 Å². The molecule has 162 valence electrons. The van der Waals surface area contributed by atoms with Crippen molar-refractivity contribution >= 4 is 11.8 Å². The third-order valence-corrected chi connectivity index (χ3v) is 5.06. The number of methoxy groups -OCH3 is 1. The maximum absolute atomic E-state index is 13.0. The molecule has 0 saturated carbocycles. The number of rotatable bonds is 10. The van der Waals surface area contributed by atoms with Crippen LogP contribution in [-0.2, 0) is 17.6 Å². The van der Waals surface area contributed by atoms with Gasteiger partial charge in [-0.1, -0.05) is 42.5 Å². The summed E-state index contributed by atoms with van der Waals surface area (Å²) in [7, 11) is 1.64. The van der Waals surface area contributed by atoms with Crippen molar-refractivity contribution in [1.82, 2.24) is 10.6 Å². The maximum Gasteiger partial charge on any atom is 0.287 e. The summed E-state index contributed by atoms with van der Waals surface area (Å²) in [4.78, 5) is 25.4. The number of carbonyl (C=O) groups excluding carboxylic acids is 2. The van der Waals surface area contributed by atoms with Crippen molar-refractivity contribution in [3.05, 3.63) is 89.9 Å². The summed E-state index contributed by atoms with van der Waals surface area (Å²) < 4.78 is 10.3. The number of nitrogens with one attached hydrogen (secondary N) is 2. The van der Waals surface area contributed by atoms with E-state index in [2.05, 4.69) is 10.6 Å². The second-order valence-electron chi connectivity index (χ2n) is 7.49. The normalized spacial score (nSPS) is 12.6. The lowest BCUT2D eigenvalue weighted by atomic mass is 10.0. The largest absolute Gasteiger partial charge is 0.497 e. The number of hydrogen-bond acceptors (Lipinski definition) is 4. The van der Waals surface area contributed by atoms with Gasteiger partial charge in [-0.3, -0.25) is 9.59 Å². The number of furan rings is 1. The maximum atomic E-state index is 13.0. The average molecular weight is 421 g/mol. The Labute approximate surface area is 182 Å². The zero-order valence-electron chi connectivity index (χ0n) is 17.8. The van der Waals surface area contributed by atoms with Crippen molar-refractivity contribution in [1.29, 1.82) is 0 Å². The molecular formula is C25H28N2O4. The predicted molar refractivity (Wildman–Crippen MR) is 119 cm³/mol. The lowest BCUT2D eigenvalue weighted by Gasteiger charge is -2.21. The van der Waals surface area contributed by atoms with E-state index >= 15 is 0 Å². The van der Waals surface area contributed by atoms with Gasteiger partial charge in [0.2, 0.25) is 5.91 Å². The van der Waals surface area contributed by atoms with E-state index in [9.17, 15) is 9.59 Å². The Morgan fingerprint density at radius 1 is 0.935 bits per heavy atom. The molecule has 0 saturated heterocycles. The van der Waals surface area contributed by atoms with E-state index in [1.165, 1.54) is 11.8 Å². The Bertz CT molecular complexity index is 953. The van der Waals surface area contributed by atoms with Crippen LogP contribution in [0.3, 0.4) is 0 Å². The van der Waals surface area contributed by atoms with Crippen molar-refractivity contribution in [3.63, 3.8) is 0 Å². The topological polar surface area (TPSA) is 80.6 Å². The fourth-order valence-electron chi connectivity index (χ4n) is 3.29. The van der Waals surface area contributed by atoms with Crippen molar-refractivity contribution in [2.75, 3.05) is 7.11 Å². The van der Waals surface area contributed by atoms with E-state index in [1.54, 1.807) is 19.2 Å². The molecule has 1 heterocycles. The summed E-state index contributed by atoms with van der Waals surface area (Å²) in [6.45, 7) is 1.97. The van der Waals surface area contributed by atoms with Gasteiger partial charge < -0.3 is 19.8 Å². The van der Waals surface area contributed by atoms with Crippen LogP contribution in [0.1, 0.15) is 35.0 Å². The number of aryl methyl sites for hydroxylation is 1. The van der Waals surface area contributed by atoms with Gasteiger partial charge in [0.25, 0.3) is 5.91 Å². The highest BCUT2D eigenvalue weighted by molar-refractivity contribution is 5.95. The van der Waals surface area contributed by atoms with Crippen LogP contribution in [0.5, 0.6) is 5.75 Å². The van der Waals surface area contributed by atoms with Crippen molar-refractivity contribution in [3.8, 4) is 5.75 Å². The van der Waals surface area contributed by atoms with Crippen LogP contribution in [0.15, 0.2) is 77.4 Å². The standard InChI is InChI=1S/C25H28N2O4/c1-18(10-11-19-12-14-21(30-2)15-13-19)26-24(28)22(17-20-7-4-3-5-8-20)27-25(29)23-9-6-16-31-23/h3-9,12-16,18,22H,10-11,17H2,1-2H3,(H,26,28)(H,27,29). The number of amides is 2. The van der Waals surface area contributed by atoms with Gasteiger partial charge in [0, 0.05) is 12.5 Å². The zero-order valence-corrected chi connectivity index (χ0v) is 17.8. The summed E-state index contributed by atoms with van der Waals surface area (Å²) in [6, 6.07) is 20.0. The summed E-state index contributed by atoms with van der Waals surface area (Å²) in [5.74, 6) is 0.373. The minimum atomic E-state index is -0.705.